The van der Waals surface area contributed by atoms with Gasteiger partial charge in [0, 0.05) is 5.56 Å². The molecule has 0 spiro atoms. The van der Waals surface area contributed by atoms with Crippen molar-refractivity contribution in [2.24, 2.45) is 0 Å². The van der Waals surface area contributed by atoms with Gasteiger partial charge in [-0.05, 0) is 25.7 Å². The standard InChI is InChI=1S/C13H16O3/c14-12(11-7-3-1-4-8-11)13(16-15)9-5-2-6-10-13/h1,3-4,7-8,15H,2,5-6,9-10H2. The van der Waals surface area contributed by atoms with Crippen LogP contribution in [-0.4, -0.2) is 16.6 Å². The largest absolute Gasteiger partial charge is 0.291 e. The fourth-order valence-corrected chi connectivity index (χ4v) is 2.34. The summed E-state index contributed by atoms with van der Waals surface area (Å²) in [6.07, 6.45) is 4.18. The molecular weight excluding hydrogens is 204 g/mol. The molecule has 16 heavy (non-hydrogen) atoms. The highest BCUT2D eigenvalue weighted by Gasteiger charge is 2.41. The predicted octanol–water partition coefficient (Wildman–Crippen LogP) is 3.06. The predicted molar refractivity (Wildman–Crippen MR) is 60.3 cm³/mol. The molecule has 0 atom stereocenters. The number of carbonyl (C=O) groups is 1. The number of hydrogen-bond acceptors (Lipinski definition) is 3. The lowest BCUT2D eigenvalue weighted by Gasteiger charge is -2.32. The Bertz CT molecular complexity index is 353. The minimum Gasteiger partial charge on any atom is -0.291 e. The maximum absolute atomic E-state index is 12.3. The summed E-state index contributed by atoms with van der Waals surface area (Å²) >= 11 is 0. The summed E-state index contributed by atoms with van der Waals surface area (Å²) in [6.45, 7) is 0. The van der Waals surface area contributed by atoms with Crippen molar-refractivity contribution in [2.75, 3.05) is 0 Å². The highest BCUT2D eigenvalue weighted by Crippen LogP contribution is 2.33. The molecule has 0 bridgehead atoms. The zero-order valence-corrected chi connectivity index (χ0v) is 9.19. The molecule has 0 aliphatic heterocycles. The Kier molecular flexibility index (Phi) is 3.36. The molecule has 1 aromatic carbocycles. The van der Waals surface area contributed by atoms with Crippen molar-refractivity contribution in [3.05, 3.63) is 35.9 Å². The molecular formula is C13H16O3. The van der Waals surface area contributed by atoms with E-state index in [0.29, 0.717) is 18.4 Å². The van der Waals surface area contributed by atoms with Gasteiger partial charge in [-0.15, -0.1) is 0 Å². The summed E-state index contributed by atoms with van der Waals surface area (Å²) in [5, 5.41) is 9.05. The minimum atomic E-state index is -1.00. The van der Waals surface area contributed by atoms with Crippen LogP contribution in [-0.2, 0) is 4.89 Å². The Hall–Kier alpha value is -1.19. The molecule has 0 heterocycles. The van der Waals surface area contributed by atoms with Crippen LogP contribution in [0.4, 0.5) is 0 Å². The van der Waals surface area contributed by atoms with Gasteiger partial charge in [-0.1, -0.05) is 36.8 Å². The number of hydrogen-bond donors (Lipinski definition) is 1. The Balaban J connectivity index is 2.24. The lowest BCUT2D eigenvalue weighted by Crippen LogP contribution is -2.42. The third-order valence-electron chi connectivity index (χ3n) is 3.29. The highest BCUT2D eigenvalue weighted by molar-refractivity contribution is 6.02. The van der Waals surface area contributed by atoms with E-state index in [1.807, 2.05) is 18.2 Å². The molecule has 0 saturated heterocycles. The van der Waals surface area contributed by atoms with Crippen LogP contribution in [0, 0.1) is 0 Å². The summed E-state index contributed by atoms with van der Waals surface area (Å²) < 4.78 is 0. The van der Waals surface area contributed by atoms with Crippen molar-refractivity contribution in [1.82, 2.24) is 0 Å². The van der Waals surface area contributed by atoms with Crippen LogP contribution in [0.2, 0.25) is 0 Å². The van der Waals surface area contributed by atoms with Gasteiger partial charge in [0.1, 0.15) is 0 Å². The van der Waals surface area contributed by atoms with E-state index in [1.165, 1.54) is 0 Å². The van der Waals surface area contributed by atoms with Gasteiger partial charge in [-0.2, -0.15) is 0 Å². The molecule has 0 amide bonds. The fraction of sp³-hybridized carbons (Fsp3) is 0.462. The second-order valence-electron chi connectivity index (χ2n) is 4.34. The van der Waals surface area contributed by atoms with E-state index in [-0.39, 0.29) is 5.78 Å². The first-order valence-corrected chi connectivity index (χ1v) is 5.71. The number of carbonyl (C=O) groups excluding carboxylic acids is 1. The van der Waals surface area contributed by atoms with Gasteiger partial charge in [-0.3, -0.25) is 10.1 Å². The third-order valence-corrected chi connectivity index (χ3v) is 3.29. The summed E-state index contributed by atoms with van der Waals surface area (Å²) in [5.74, 6) is -0.102. The van der Waals surface area contributed by atoms with E-state index < -0.39 is 5.60 Å². The van der Waals surface area contributed by atoms with E-state index in [9.17, 15) is 4.79 Å². The zero-order valence-electron chi connectivity index (χ0n) is 9.19. The second-order valence-corrected chi connectivity index (χ2v) is 4.34. The van der Waals surface area contributed by atoms with Crippen molar-refractivity contribution in [1.29, 1.82) is 0 Å². The third kappa shape index (κ3) is 2.01. The SMILES string of the molecule is O=C(c1ccccc1)C1(OO)CCCCC1. The molecule has 0 aromatic heterocycles. The molecule has 1 saturated carbocycles. The Morgan fingerprint density at radius 3 is 2.31 bits per heavy atom. The smallest absolute Gasteiger partial charge is 0.197 e. The average Bonchev–Trinajstić information content (AvgIpc) is 2.39. The zero-order chi connectivity index (χ0) is 11.4. The number of benzene rings is 1. The van der Waals surface area contributed by atoms with E-state index in [0.717, 1.165) is 19.3 Å². The molecule has 1 aliphatic rings. The van der Waals surface area contributed by atoms with Crippen molar-refractivity contribution in [3.63, 3.8) is 0 Å². The van der Waals surface area contributed by atoms with Crippen LogP contribution in [0.15, 0.2) is 30.3 Å². The van der Waals surface area contributed by atoms with Gasteiger partial charge in [0.25, 0.3) is 0 Å². The number of rotatable bonds is 3. The topological polar surface area (TPSA) is 46.5 Å². The molecule has 1 aromatic rings. The lowest BCUT2D eigenvalue weighted by atomic mass is 9.79. The van der Waals surface area contributed by atoms with Gasteiger partial charge in [0.2, 0.25) is 0 Å². The van der Waals surface area contributed by atoms with Crippen molar-refractivity contribution in [3.8, 4) is 0 Å². The molecule has 3 heteroatoms. The summed E-state index contributed by atoms with van der Waals surface area (Å²) in [4.78, 5) is 16.8. The van der Waals surface area contributed by atoms with Crippen molar-refractivity contribution >= 4 is 5.78 Å². The van der Waals surface area contributed by atoms with Gasteiger partial charge in [-0.25, -0.2) is 4.89 Å². The van der Waals surface area contributed by atoms with Gasteiger partial charge in [0.15, 0.2) is 11.4 Å². The monoisotopic (exact) mass is 220 g/mol. The van der Waals surface area contributed by atoms with Gasteiger partial charge >= 0.3 is 0 Å². The molecule has 1 N–H and O–H groups in total. The van der Waals surface area contributed by atoms with E-state index in [2.05, 4.69) is 4.89 Å². The Labute approximate surface area is 95.0 Å². The molecule has 0 radical (unpaired) electrons. The maximum atomic E-state index is 12.3. The van der Waals surface area contributed by atoms with E-state index >= 15 is 0 Å². The normalized spacial score (nSPS) is 19.3. The quantitative estimate of drug-likeness (QED) is 0.483. The highest BCUT2D eigenvalue weighted by atomic mass is 17.1. The van der Waals surface area contributed by atoms with Crippen LogP contribution in [0.25, 0.3) is 0 Å². The average molecular weight is 220 g/mol. The lowest BCUT2D eigenvalue weighted by molar-refractivity contribution is -0.310. The van der Waals surface area contributed by atoms with Crippen LogP contribution in [0.3, 0.4) is 0 Å². The molecule has 86 valence electrons. The van der Waals surface area contributed by atoms with E-state index in [1.54, 1.807) is 12.1 Å². The number of Topliss-reactive ketones (excluding diaryl/α,β-unsaturated/α-hetero) is 1. The first-order valence-electron chi connectivity index (χ1n) is 5.71. The van der Waals surface area contributed by atoms with Crippen LogP contribution in [0.1, 0.15) is 42.5 Å². The van der Waals surface area contributed by atoms with Crippen LogP contribution in [0.5, 0.6) is 0 Å². The summed E-state index contributed by atoms with van der Waals surface area (Å²) in [6, 6.07) is 9.03. The fourth-order valence-electron chi connectivity index (χ4n) is 2.34. The van der Waals surface area contributed by atoms with Gasteiger partial charge in [0.05, 0.1) is 0 Å². The molecule has 1 aliphatic carbocycles. The van der Waals surface area contributed by atoms with Crippen molar-refractivity contribution in [2.45, 2.75) is 37.7 Å². The second kappa shape index (κ2) is 4.76. The van der Waals surface area contributed by atoms with Crippen LogP contribution < -0.4 is 0 Å². The minimum absolute atomic E-state index is 0.102. The molecule has 3 nitrogen and oxygen atoms in total. The summed E-state index contributed by atoms with van der Waals surface area (Å²) in [5.41, 5.74) is -0.391. The van der Waals surface area contributed by atoms with Gasteiger partial charge < -0.3 is 0 Å². The first-order chi connectivity index (χ1) is 7.78. The number of ketones is 1. The maximum Gasteiger partial charge on any atom is 0.197 e. The molecule has 1 fully saturated rings. The van der Waals surface area contributed by atoms with Crippen molar-refractivity contribution < 1.29 is 14.9 Å². The Morgan fingerprint density at radius 1 is 1.12 bits per heavy atom. The van der Waals surface area contributed by atoms with Crippen LogP contribution >= 0.6 is 0 Å². The van der Waals surface area contributed by atoms with E-state index in [4.69, 9.17) is 5.26 Å². The first kappa shape index (κ1) is 11.3. The Morgan fingerprint density at radius 2 is 1.75 bits per heavy atom. The molecule has 2 rings (SSSR count). The molecule has 0 unspecified atom stereocenters. The summed E-state index contributed by atoms with van der Waals surface area (Å²) in [7, 11) is 0.